The van der Waals surface area contributed by atoms with Crippen LogP contribution >= 0.6 is 11.3 Å². The first-order valence-electron chi connectivity index (χ1n) is 6.69. The van der Waals surface area contributed by atoms with Crippen molar-refractivity contribution in [3.8, 4) is 10.6 Å². The van der Waals surface area contributed by atoms with E-state index in [1.54, 1.807) is 31.6 Å². The van der Waals surface area contributed by atoms with Gasteiger partial charge in [-0.05, 0) is 20.8 Å². The summed E-state index contributed by atoms with van der Waals surface area (Å²) in [5, 5.41) is 16.5. The highest BCUT2D eigenvalue weighted by Crippen LogP contribution is 2.27. The number of aromatic nitrogens is 3. The molecule has 8 heteroatoms. The molecule has 0 radical (unpaired) electrons. The number of aryl methyl sites for hydroxylation is 2. The molecule has 1 amide bonds. The van der Waals surface area contributed by atoms with Crippen molar-refractivity contribution in [2.24, 2.45) is 12.5 Å². The fraction of sp³-hybridized carbons (Fsp3) is 0.429. The van der Waals surface area contributed by atoms with E-state index in [2.05, 4.69) is 15.4 Å². The van der Waals surface area contributed by atoms with Crippen LogP contribution in [-0.2, 0) is 11.8 Å². The lowest BCUT2D eigenvalue weighted by Crippen LogP contribution is -2.38. The van der Waals surface area contributed by atoms with E-state index < -0.39 is 11.4 Å². The van der Waals surface area contributed by atoms with Crippen LogP contribution in [-0.4, -0.2) is 38.3 Å². The number of carbonyl (C=O) groups is 2. The minimum Gasteiger partial charge on any atom is -0.481 e. The summed E-state index contributed by atoms with van der Waals surface area (Å²) in [4.78, 5) is 28.2. The van der Waals surface area contributed by atoms with Crippen molar-refractivity contribution in [2.45, 2.75) is 20.8 Å². The molecular weight excluding hydrogens is 304 g/mol. The highest BCUT2D eigenvalue weighted by molar-refractivity contribution is 7.17. The van der Waals surface area contributed by atoms with Crippen LogP contribution in [0, 0.1) is 12.3 Å². The summed E-state index contributed by atoms with van der Waals surface area (Å²) < 4.78 is 1.67. The summed E-state index contributed by atoms with van der Waals surface area (Å²) in [6.07, 6.45) is 3.51. The molecule has 0 aromatic carbocycles. The van der Waals surface area contributed by atoms with Gasteiger partial charge in [-0.3, -0.25) is 14.3 Å². The van der Waals surface area contributed by atoms with E-state index in [1.807, 2.05) is 13.2 Å². The molecular formula is C14H18N4O3S. The zero-order valence-corrected chi connectivity index (χ0v) is 13.7. The Morgan fingerprint density at radius 1 is 1.45 bits per heavy atom. The number of carboxylic acid groups (broad SMARTS) is 1. The van der Waals surface area contributed by atoms with Crippen LogP contribution in [0.1, 0.15) is 29.2 Å². The number of thiazole rings is 1. The van der Waals surface area contributed by atoms with Crippen molar-refractivity contribution < 1.29 is 14.7 Å². The molecule has 2 heterocycles. The Bertz CT molecular complexity index is 717. The van der Waals surface area contributed by atoms with Crippen molar-refractivity contribution in [1.29, 1.82) is 0 Å². The molecule has 2 N–H and O–H groups in total. The van der Waals surface area contributed by atoms with Gasteiger partial charge in [-0.1, -0.05) is 0 Å². The van der Waals surface area contributed by atoms with Gasteiger partial charge in [0.1, 0.15) is 9.88 Å². The molecule has 0 aliphatic heterocycles. The summed E-state index contributed by atoms with van der Waals surface area (Å²) in [5.74, 6) is -1.26. The quantitative estimate of drug-likeness (QED) is 0.873. The molecule has 0 aliphatic rings. The largest absolute Gasteiger partial charge is 0.481 e. The van der Waals surface area contributed by atoms with Crippen molar-refractivity contribution in [3.05, 3.63) is 23.0 Å². The maximum atomic E-state index is 12.2. The Morgan fingerprint density at radius 2 is 2.14 bits per heavy atom. The maximum absolute atomic E-state index is 12.2. The van der Waals surface area contributed by atoms with Gasteiger partial charge in [-0.2, -0.15) is 5.10 Å². The first kappa shape index (κ1) is 16.2. The third-order valence-corrected chi connectivity index (χ3v) is 4.43. The lowest BCUT2D eigenvalue weighted by molar-refractivity contribution is -0.146. The molecule has 2 aromatic heterocycles. The number of carboxylic acids is 1. The van der Waals surface area contributed by atoms with Crippen LogP contribution in [0.5, 0.6) is 0 Å². The van der Waals surface area contributed by atoms with E-state index in [0.717, 1.165) is 5.56 Å². The highest BCUT2D eigenvalue weighted by atomic mass is 32.1. The minimum absolute atomic E-state index is 0.0563. The normalized spacial score (nSPS) is 11.5. The number of hydrogen-bond acceptors (Lipinski definition) is 5. The Kier molecular flexibility index (Phi) is 4.32. The van der Waals surface area contributed by atoms with Crippen LogP contribution in [0.3, 0.4) is 0 Å². The third-order valence-electron chi connectivity index (χ3n) is 3.22. The molecule has 7 nitrogen and oxygen atoms in total. The number of nitrogens with zero attached hydrogens (tertiary/aromatic N) is 3. The molecule has 118 valence electrons. The molecule has 0 aliphatic carbocycles. The summed E-state index contributed by atoms with van der Waals surface area (Å²) in [6.45, 7) is 4.95. The molecule has 0 atom stereocenters. The summed E-state index contributed by atoms with van der Waals surface area (Å²) in [7, 11) is 1.81. The van der Waals surface area contributed by atoms with Crippen molar-refractivity contribution in [3.63, 3.8) is 0 Å². The molecule has 2 aromatic rings. The van der Waals surface area contributed by atoms with Crippen molar-refractivity contribution in [2.75, 3.05) is 6.54 Å². The second-order valence-electron chi connectivity index (χ2n) is 5.71. The SMILES string of the molecule is Cc1nc(-c2cnn(C)c2)sc1C(=O)NCC(C)(C)C(=O)O. The first-order valence-corrected chi connectivity index (χ1v) is 7.50. The van der Waals surface area contributed by atoms with Gasteiger partial charge in [-0.15, -0.1) is 11.3 Å². The second-order valence-corrected chi connectivity index (χ2v) is 6.71. The molecule has 0 bridgehead atoms. The Balaban J connectivity index is 2.14. The molecule has 0 saturated carbocycles. The molecule has 22 heavy (non-hydrogen) atoms. The van der Waals surface area contributed by atoms with Gasteiger partial charge >= 0.3 is 5.97 Å². The summed E-state index contributed by atoms with van der Waals surface area (Å²) >= 11 is 1.27. The van der Waals surface area contributed by atoms with Crippen LogP contribution in [0.2, 0.25) is 0 Å². The number of nitrogens with one attached hydrogen (secondary N) is 1. The van der Waals surface area contributed by atoms with E-state index in [-0.39, 0.29) is 12.5 Å². The third kappa shape index (κ3) is 3.33. The standard InChI is InChI=1S/C14H18N4O3S/c1-8-10(11(19)15-7-14(2,3)13(20)21)22-12(17-8)9-5-16-18(4)6-9/h5-6H,7H2,1-4H3,(H,15,19)(H,20,21). The molecule has 0 spiro atoms. The van der Waals surface area contributed by atoms with E-state index in [4.69, 9.17) is 5.11 Å². The van der Waals surface area contributed by atoms with Crippen LogP contribution in [0.25, 0.3) is 10.6 Å². The molecule has 0 fully saturated rings. The predicted octanol–water partition coefficient (Wildman–Crippen LogP) is 1.69. The Morgan fingerprint density at radius 3 is 2.68 bits per heavy atom. The Hall–Kier alpha value is -2.22. The van der Waals surface area contributed by atoms with E-state index in [1.165, 1.54) is 11.3 Å². The summed E-state index contributed by atoms with van der Waals surface area (Å²) in [6, 6.07) is 0. The van der Waals surface area contributed by atoms with Gasteiger partial charge in [0, 0.05) is 25.4 Å². The fourth-order valence-corrected chi connectivity index (χ4v) is 2.68. The monoisotopic (exact) mass is 322 g/mol. The average molecular weight is 322 g/mol. The molecule has 0 saturated heterocycles. The van der Waals surface area contributed by atoms with Gasteiger partial charge in [-0.25, -0.2) is 4.98 Å². The zero-order chi connectivity index (χ0) is 16.5. The Labute approximate surface area is 132 Å². The predicted molar refractivity (Wildman–Crippen MR) is 82.8 cm³/mol. The van der Waals surface area contributed by atoms with E-state index >= 15 is 0 Å². The number of rotatable bonds is 5. The maximum Gasteiger partial charge on any atom is 0.310 e. The second kappa shape index (κ2) is 5.88. The molecule has 2 rings (SSSR count). The average Bonchev–Trinajstić information content (AvgIpc) is 3.02. The number of carbonyl (C=O) groups excluding carboxylic acids is 1. The number of hydrogen-bond donors (Lipinski definition) is 2. The topological polar surface area (TPSA) is 97.1 Å². The lowest BCUT2D eigenvalue weighted by atomic mass is 9.94. The minimum atomic E-state index is -1.01. The number of aliphatic carboxylic acids is 1. The van der Waals surface area contributed by atoms with E-state index in [9.17, 15) is 9.59 Å². The molecule has 0 unspecified atom stereocenters. The van der Waals surface area contributed by atoms with Gasteiger partial charge in [0.2, 0.25) is 0 Å². The summed E-state index contributed by atoms with van der Waals surface area (Å²) in [5.41, 5.74) is 0.454. The van der Waals surface area contributed by atoms with Crippen LogP contribution < -0.4 is 5.32 Å². The van der Waals surface area contributed by atoms with Crippen LogP contribution in [0.15, 0.2) is 12.4 Å². The zero-order valence-electron chi connectivity index (χ0n) is 12.9. The lowest BCUT2D eigenvalue weighted by Gasteiger charge is -2.19. The fourth-order valence-electron chi connectivity index (χ4n) is 1.72. The van der Waals surface area contributed by atoms with Crippen molar-refractivity contribution >= 4 is 23.2 Å². The first-order chi connectivity index (χ1) is 10.2. The van der Waals surface area contributed by atoms with Crippen molar-refractivity contribution in [1.82, 2.24) is 20.1 Å². The van der Waals surface area contributed by atoms with Gasteiger partial charge in [0.25, 0.3) is 5.91 Å². The van der Waals surface area contributed by atoms with Gasteiger partial charge in [0.05, 0.1) is 17.3 Å². The van der Waals surface area contributed by atoms with Gasteiger partial charge in [0.15, 0.2) is 0 Å². The smallest absolute Gasteiger partial charge is 0.310 e. The van der Waals surface area contributed by atoms with Gasteiger partial charge < -0.3 is 10.4 Å². The number of amides is 1. The van der Waals surface area contributed by atoms with Crippen LogP contribution in [0.4, 0.5) is 0 Å². The van der Waals surface area contributed by atoms with E-state index in [0.29, 0.717) is 15.6 Å². The highest BCUT2D eigenvalue weighted by Gasteiger charge is 2.28.